The second-order valence-corrected chi connectivity index (χ2v) is 5.69. The molecule has 0 fully saturated rings. The van der Waals surface area contributed by atoms with Gasteiger partial charge < -0.3 is 0 Å². The molecule has 0 bridgehead atoms. The minimum absolute atomic E-state index is 0.0458. The molecule has 0 aromatic heterocycles. The van der Waals surface area contributed by atoms with E-state index in [1.54, 1.807) is 5.01 Å². The number of rotatable bonds is 4. The third kappa shape index (κ3) is 3.25. The highest BCUT2D eigenvalue weighted by molar-refractivity contribution is 5.88. The molecule has 22 heavy (non-hydrogen) atoms. The van der Waals surface area contributed by atoms with Crippen LogP contribution in [0.1, 0.15) is 36.9 Å². The molecule has 1 aliphatic heterocycles. The zero-order valence-electron chi connectivity index (χ0n) is 12.8. The van der Waals surface area contributed by atoms with E-state index in [4.69, 9.17) is 0 Å². The summed E-state index contributed by atoms with van der Waals surface area (Å²) in [5.41, 5.74) is 3.35. The van der Waals surface area contributed by atoms with Gasteiger partial charge in [0.25, 0.3) is 0 Å². The molecular formula is C19H20N2O. The fourth-order valence-electron chi connectivity index (χ4n) is 2.84. The van der Waals surface area contributed by atoms with Gasteiger partial charge in [-0.05, 0) is 24.5 Å². The van der Waals surface area contributed by atoms with Crippen molar-refractivity contribution in [3.63, 3.8) is 0 Å². The Labute approximate surface area is 131 Å². The van der Waals surface area contributed by atoms with Crippen molar-refractivity contribution >= 4 is 11.6 Å². The highest BCUT2D eigenvalue weighted by Gasteiger charge is 2.30. The van der Waals surface area contributed by atoms with E-state index >= 15 is 0 Å². The quantitative estimate of drug-likeness (QED) is 0.839. The Bertz CT molecular complexity index is 664. The molecule has 2 aromatic carbocycles. The van der Waals surface area contributed by atoms with Crippen LogP contribution in [0.4, 0.5) is 0 Å². The van der Waals surface area contributed by atoms with E-state index in [-0.39, 0.29) is 11.9 Å². The maximum absolute atomic E-state index is 12.6. The van der Waals surface area contributed by atoms with Gasteiger partial charge >= 0.3 is 0 Å². The molecular weight excluding hydrogens is 272 g/mol. The van der Waals surface area contributed by atoms with Gasteiger partial charge in [0.05, 0.1) is 6.04 Å². The Kier molecular flexibility index (Phi) is 4.33. The number of hydrogen-bond donors (Lipinski definition) is 0. The first kappa shape index (κ1) is 14.5. The van der Waals surface area contributed by atoms with Crippen LogP contribution in [0.3, 0.4) is 0 Å². The van der Waals surface area contributed by atoms with Gasteiger partial charge in [0.1, 0.15) is 0 Å². The summed E-state index contributed by atoms with van der Waals surface area (Å²) in [4.78, 5) is 12.6. The number of carbonyl (C=O) groups is 1. The largest absolute Gasteiger partial charge is 0.273 e. The van der Waals surface area contributed by atoms with Crippen LogP contribution in [0.5, 0.6) is 0 Å². The molecule has 1 heterocycles. The Morgan fingerprint density at radius 1 is 1.09 bits per heavy atom. The molecule has 0 radical (unpaired) electrons. The van der Waals surface area contributed by atoms with Gasteiger partial charge in [-0.1, -0.05) is 60.7 Å². The third-order valence-electron chi connectivity index (χ3n) is 3.97. The fourth-order valence-corrected chi connectivity index (χ4v) is 2.84. The van der Waals surface area contributed by atoms with Crippen molar-refractivity contribution in [3.05, 3.63) is 71.8 Å². The standard InChI is InChI=1S/C19H20N2O/c1-15-14-18(17-10-6-3-7-11-17)21(20-15)19(22)13-12-16-8-4-2-5-9-16/h2-11,18H,12-14H2,1H3. The summed E-state index contributed by atoms with van der Waals surface area (Å²) >= 11 is 0. The smallest absolute Gasteiger partial charge is 0.243 e. The van der Waals surface area contributed by atoms with Crippen molar-refractivity contribution < 1.29 is 4.79 Å². The zero-order valence-corrected chi connectivity index (χ0v) is 12.8. The number of benzene rings is 2. The number of hydrazone groups is 1. The Morgan fingerprint density at radius 3 is 2.41 bits per heavy atom. The van der Waals surface area contributed by atoms with E-state index in [1.165, 1.54) is 5.56 Å². The van der Waals surface area contributed by atoms with Gasteiger partial charge in [0, 0.05) is 18.6 Å². The van der Waals surface area contributed by atoms with Crippen LogP contribution in [-0.4, -0.2) is 16.6 Å². The van der Waals surface area contributed by atoms with Crippen molar-refractivity contribution in [3.8, 4) is 0 Å². The minimum atomic E-state index is 0.0458. The van der Waals surface area contributed by atoms with Crippen molar-refractivity contribution in [1.82, 2.24) is 5.01 Å². The normalized spacial score (nSPS) is 17.4. The van der Waals surface area contributed by atoms with Gasteiger partial charge in [-0.15, -0.1) is 0 Å². The van der Waals surface area contributed by atoms with E-state index in [0.717, 1.165) is 24.1 Å². The molecule has 1 aliphatic rings. The van der Waals surface area contributed by atoms with Gasteiger partial charge in [0.2, 0.25) is 5.91 Å². The summed E-state index contributed by atoms with van der Waals surface area (Å²) in [6.45, 7) is 1.99. The number of nitrogens with zero attached hydrogens (tertiary/aromatic N) is 2. The molecule has 3 nitrogen and oxygen atoms in total. The molecule has 1 unspecified atom stereocenters. The lowest BCUT2D eigenvalue weighted by atomic mass is 10.0. The van der Waals surface area contributed by atoms with Crippen LogP contribution >= 0.6 is 0 Å². The lowest BCUT2D eigenvalue weighted by molar-refractivity contribution is -0.133. The molecule has 1 atom stereocenters. The topological polar surface area (TPSA) is 32.7 Å². The van der Waals surface area contributed by atoms with Gasteiger partial charge in [-0.3, -0.25) is 4.79 Å². The maximum atomic E-state index is 12.6. The van der Waals surface area contributed by atoms with Crippen LogP contribution in [0, 0.1) is 0 Å². The van der Waals surface area contributed by atoms with E-state index in [0.29, 0.717) is 6.42 Å². The summed E-state index contributed by atoms with van der Waals surface area (Å²) in [6.07, 6.45) is 2.07. The van der Waals surface area contributed by atoms with Crippen molar-refractivity contribution in [2.45, 2.75) is 32.2 Å². The van der Waals surface area contributed by atoms with Crippen LogP contribution in [0.15, 0.2) is 65.8 Å². The average Bonchev–Trinajstić information content (AvgIpc) is 2.96. The molecule has 2 aromatic rings. The first-order valence-corrected chi connectivity index (χ1v) is 7.69. The minimum Gasteiger partial charge on any atom is -0.273 e. The molecule has 112 valence electrons. The summed E-state index contributed by atoms with van der Waals surface area (Å²) in [5.74, 6) is 0.0922. The summed E-state index contributed by atoms with van der Waals surface area (Å²) in [6, 6.07) is 20.3. The molecule has 0 saturated carbocycles. The van der Waals surface area contributed by atoms with Gasteiger partial charge in [-0.2, -0.15) is 5.10 Å². The van der Waals surface area contributed by atoms with Crippen LogP contribution in [0.2, 0.25) is 0 Å². The summed E-state index contributed by atoms with van der Waals surface area (Å²) in [5, 5.41) is 6.13. The Hall–Kier alpha value is -2.42. The maximum Gasteiger partial charge on any atom is 0.243 e. The van der Waals surface area contributed by atoms with Crippen molar-refractivity contribution in [2.24, 2.45) is 5.10 Å². The number of carbonyl (C=O) groups excluding carboxylic acids is 1. The molecule has 3 rings (SSSR count). The van der Waals surface area contributed by atoms with E-state index in [9.17, 15) is 4.79 Å². The highest BCUT2D eigenvalue weighted by atomic mass is 16.2. The number of amides is 1. The molecule has 0 aliphatic carbocycles. The highest BCUT2D eigenvalue weighted by Crippen LogP contribution is 2.31. The van der Waals surface area contributed by atoms with Gasteiger partial charge in [-0.25, -0.2) is 5.01 Å². The van der Waals surface area contributed by atoms with E-state index in [2.05, 4.69) is 29.4 Å². The molecule has 0 saturated heterocycles. The van der Waals surface area contributed by atoms with Crippen LogP contribution < -0.4 is 0 Å². The van der Waals surface area contributed by atoms with Crippen molar-refractivity contribution in [1.29, 1.82) is 0 Å². The molecule has 0 spiro atoms. The second kappa shape index (κ2) is 6.56. The average molecular weight is 292 g/mol. The first-order chi connectivity index (χ1) is 10.7. The second-order valence-electron chi connectivity index (χ2n) is 5.69. The fraction of sp³-hybridized carbons (Fsp3) is 0.263. The monoisotopic (exact) mass is 292 g/mol. The number of hydrogen-bond acceptors (Lipinski definition) is 2. The van der Waals surface area contributed by atoms with E-state index in [1.807, 2.05) is 43.3 Å². The SMILES string of the molecule is CC1=NN(C(=O)CCc2ccccc2)C(c2ccccc2)C1. The molecule has 3 heteroatoms. The van der Waals surface area contributed by atoms with Crippen LogP contribution in [0.25, 0.3) is 0 Å². The van der Waals surface area contributed by atoms with Crippen molar-refractivity contribution in [2.75, 3.05) is 0 Å². The van der Waals surface area contributed by atoms with Crippen LogP contribution in [-0.2, 0) is 11.2 Å². The predicted molar refractivity (Wildman–Crippen MR) is 88.5 cm³/mol. The molecule has 1 amide bonds. The lowest BCUT2D eigenvalue weighted by Gasteiger charge is -2.22. The summed E-state index contributed by atoms with van der Waals surface area (Å²) in [7, 11) is 0. The van der Waals surface area contributed by atoms with Gasteiger partial charge in [0.15, 0.2) is 0 Å². The first-order valence-electron chi connectivity index (χ1n) is 7.69. The third-order valence-corrected chi connectivity index (χ3v) is 3.97. The molecule has 0 N–H and O–H groups in total. The number of aryl methyl sites for hydroxylation is 1. The Morgan fingerprint density at radius 2 is 1.73 bits per heavy atom. The Balaban J connectivity index is 1.70. The summed E-state index contributed by atoms with van der Waals surface area (Å²) < 4.78 is 0. The predicted octanol–water partition coefficient (Wildman–Crippen LogP) is 3.97. The van der Waals surface area contributed by atoms with E-state index < -0.39 is 0 Å². The zero-order chi connectivity index (χ0) is 15.4. The lowest BCUT2D eigenvalue weighted by Crippen LogP contribution is -2.27.